The molecule has 1 aromatic rings. The van der Waals surface area contributed by atoms with E-state index in [-0.39, 0.29) is 29.5 Å². The number of sulfone groups is 1. The molecule has 5 nitrogen and oxygen atoms in total. The number of rotatable bonds is 4. The number of carbonyl (C=O) groups excluding carboxylic acids is 1. The molecule has 1 heterocycles. The third-order valence-electron chi connectivity index (χ3n) is 4.25. The fourth-order valence-electron chi connectivity index (χ4n) is 2.71. The number of nitrogens with zero attached hydrogens (tertiary/aromatic N) is 1. The number of carbonyl (C=O) groups is 1. The zero-order valence-electron chi connectivity index (χ0n) is 13.4. The van der Waals surface area contributed by atoms with Crippen molar-refractivity contribution in [3.05, 3.63) is 35.4 Å². The van der Waals surface area contributed by atoms with Gasteiger partial charge in [-0.25, -0.2) is 13.2 Å². The summed E-state index contributed by atoms with van der Waals surface area (Å²) in [5.41, 5.74) is 2.38. The first kappa shape index (κ1) is 16.8. The summed E-state index contributed by atoms with van der Waals surface area (Å²) in [6, 6.07) is 7.81. The molecule has 0 bridgehead atoms. The van der Waals surface area contributed by atoms with Crippen LogP contribution >= 0.6 is 0 Å². The lowest BCUT2D eigenvalue weighted by Crippen LogP contribution is -2.45. The molecule has 1 aliphatic rings. The first-order valence-corrected chi connectivity index (χ1v) is 9.38. The van der Waals surface area contributed by atoms with Gasteiger partial charge >= 0.3 is 6.03 Å². The maximum Gasteiger partial charge on any atom is 0.317 e. The third-order valence-corrected chi connectivity index (χ3v) is 6.00. The number of hydrogen-bond donors (Lipinski definition) is 1. The van der Waals surface area contributed by atoms with Crippen LogP contribution in [0.4, 0.5) is 4.79 Å². The van der Waals surface area contributed by atoms with Gasteiger partial charge in [0.1, 0.15) is 0 Å². The van der Waals surface area contributed by atoms with Crippen LogP contribution in [0.5, 0.6) is 0 Å². The van der Waals surface area contributed by atoms with Gasteiger partial charge in [-0.3, -0.25) is 0 Å². The number of benzene rings is 1. The minimum atomic E-state index is -2.97. The molecular weight excluding hydrogens is 300 g/mol. The molecule has 2 rings (SSSR count). The van der Waals surface area contributed by atoms with Crippen LogP contribution in [0.25, 0.3) is 0 Å². The summed E-state index contributed by atoms with van der Waals surface area (Å²) in [4.78, 5) is 13.7. The summed E-state index contributed by atoms with van der Waals surface area (Å²) < 4.78 is 23.0. The molecule has 0 radical (unpaired) electrons. The van der Waals surface area contributed by atoms with Gasteiger partial charge < -0.3 is 10.2 Å². The van der Waals surface area contributed by atoms with Crippen LogP contribution in [0.2, 0.25) is 0 Å². The minimum Gasteiger partial charge on any atom is -0.337 e. The largest absolute Gasteiger partial charge is 0.337 e. The molecule has 1 fully saturated rings. The average Bonchev–Trinajstić information content (AvgIpc) is 2.83. The van der Waals surface area contributed by atoms with E-state index in [1.165, 1.54) is 16.0 Å². The smallest absolute Gasteiger partial charge is 0.317 e. The average molecular weight is 324 g/mol. The molecule has 2 atom stereocenters. The van der Waals surface area contributed by atoms with Crippen LogP contribution in [-0.4, -0.2) is 50.5 Å². The number of nitrogens with one attached hydrogen (secondary N) is 1. The molecule has 1 N–H and O–H groups in total. The molecule has 1 aliphatic heterocycles. The lowest BCUT2D eigenvalue weighted by Gasteiger charge is -2.24. The van der Waals surface area contributed by atoms with Gasteiger partial charge in [-0.2, -0.15) is 0 Å². The van der Waals surface area contributed by atoms with Gasteiger partial charge in [-0.05, 0) is 24.8 Å². The summed E-state index contributed by atoms with van der Waals surface area (Å²) in [5, 5.41) is 2.90. The van der Waals surface area contributed by atoms with Crippen molar-refractivity contribution in [2.45, 2.75) is 32.2 Å². The molecule has 6 heteroatoms. The summed E-state index contributed by atoms with van der Waals surface area (Å²) in [7, 11) is -1.31. The van der Waals surface area contributed by atoms with Gasteiger partial charge in [0.25, 0.3) is 0 Å². The van der Waals surface area contributed by atoms with E-state index in [9.17, 15) is 13.2 Å². The Morgan fingerprint density at radius 2 is 2.18 bits per heavy atom. The molecule has 122 valence electrons. The highest BCUT2D eigenvalue weighted by atomic mass is 32.2. The number of hydrogen-bond acceptors (Lipinski definition) is 3. The number of amides is 2. The Morgan fingerprint density at radius 3 is 2.77 bits per heavy atom. The summed E-state index contributed by atoms with van der Waals surface area (Å²) in [6.07, 6.45) is 0.527. The number of aryl methyl sites for hydroxylation is 1. The van der Waals surface area contributed by atoms with Crippen LogP contribution in [-0.2, 0) is 9.84 Å². The maximum absolute atomic E-state index is 12.2. The van der Waals surface area contributed by atoms with Crippen molar-refractivity contribution >= 4 is 15.9 Å². The van der Waals surface area contributed by atoms with Crippen LogP contribution in [0.3, 0.4) is 0 Å². The summed E-state index contributed by atoms with van der Waals surface area (Å²) in [6.45, 7) is 4.64. The van der Waals surface area contributed by atoms with Crippen molar-refractivity contribution in [2.75, 3.05) is 25.1 Å². The maximum atomic E-state index is 12.2. The van der Waals surface area contributed by atoms with Crippen molar-refractivity contribution in [3.63, 3.8) is 0 Å². The highest BCUT2D eigenvalue weighted by molar-refractivity contribution is 7.91. The quantitative estimate of drug-likeness (QED) is 0.920. The van der Waals surface area contributed by atoms with Crippen LogP contribution < -0.4 is 5.32 Å². The molecule has 0 unspecified atom stereocenters. The minimum absolute atomic E-state index is 0.0738. The van der Waals surface area contributed by atoms with Crippen molar-refractivity contribution in [1.82, 2.24) is 10.2 Å². The molecule has 0 saturated carbocycles. The van der Waals surface area contributed by atoms with Crippen LogP contribution in [0.15, 0.2) is 24.3 Å². The Balaban J connectivity index is 1.87. The second-order valence-electron chi connectivity index (χ2n) is 6.17. The first-order chi connectivity index (χ1) is 10.3. The molecule has 1 saturated heterocycles. The van der Waals surface area contributed by atoms with Gasteiger partial charge in [-0.15, -0.1) is 0 Å². The topological polar surface area (TPSA) is 66.5 Å². The van der Waals surface area contributed by atoms with Gasteiger partial charge in [0.2, 0.25) is 0 Å². The summed E-state index contributed by atoms with van der Waals surface area (Å²) >= 11 is 0. The Labute approximate surface area is 132 Å². The Kier molecular flexibility index (Phi) is 5.11. The zero-order valence-corrected chi connectivity index (χ0v) is 14.2. The van der Waals surface area contributed by atoms with E-state index in [0.717, 1.165) is 0 Å². The fraction of sp³-hybridized carbons (Fsp3) is 0.562. The predicted octanol–water partition coefficient (Wildman–Crippen LogP) is 1.93. The van der Waals surface area contributed by atoms with Crippen LogP contribution in [0, 0.1) is 6.92 Å². The molecule has 0 aromatic heterocycles. The fourth-order valence-corrected chi connectivity index (χ4v) is 4.48. The number of urea groups is 1. The Bertz CT molecular complexity index is 643. The van der Waals surface area contributed by atoms with Crippen molar-refractivity contribution in [2.24, 2.45) is 0 Å². The van der Waals surface area contributed by atoms with Gasteiger partial charge in [-0.1, -0.05) is 36.8 Å². The van der Waals surface area contributed by atoms with E-state index >= 15 is 0 Å². The molecular formula is C16H24N2O3S. The summed E-state index contributed by atoms with van der Waals surface area (Å²) in [5.74, 6) is 0.462. The molecule has 22 heavy (non-hydrogen) atoms. The molecule has 1 aromatic carbocycles. The first-order valence-electron chi connectivity index (χ1n) is 7.56. The monoisotopic (exact) mass is 324 g/mol. The van der Waals surface area contributed by atoms with E-state index in [0.29, 0.717) is 13.0 Å². The lowest BCUT2D eigenvalue weighted by molar-refractivity contribution is 0.194. The van der Waals surface area contributed by atoms with Gasteiger partial charge in [0, 0.05) is 19.6 Å². The Hall–Kier alpha value is -1.56. The van der Waals surface area contributed by atoms with Crippen molar-refractivity contribution in [3.8, 4) is 0 Å². The van der Waals surface area contributed by atoms with Crippen molar-refractivity contribution < 1.29 is 13.2 Å². The lowest BCUT2D eigenvalue weighted by atomic mass is 9.99. The van der Waals surface area contributed by atoms with E-state index in [1.54, 1.807) is 7.05 Å². The van der Waals surface area contributed by atoms with E-state index < -0.39 is 9.84 Å². The normalized spacial score (nSPS) is 21.3. The standard InChI is InChI=1S/C16H24N2O3S/c1-12-5-4-6-14(9-12)13(2)10-17-16(19)18(3)15-7-8-22(20,21)11-15/h4-6,9,13,15H,7-8,10-11H2,1-3H3,(H,17,19)/t13-,15+/m1/s1. The van der Waals surface area contributed by atoms with E-state index in [4.69, 9.17) is 0 Å². The van der Waals surface area contributed by atoms with Gasteiger partial charge in [0.05, 0.1) is 11.5 Å². The predicted molar refractivity (Wildman–Crippen MR) is 87.8 cm³/mol. The van der Waals surface area contributed by atoms with E-state index in [2.05, 4.69) is 24.4 Å². The van der Waals surface area contributed by atoms with Crippen molar-refractivity contribution in [1.29, 1.82) is 0 Å². The second kappa shape index (κ2) is 6.69. The highest BCUT2D eigenvalue weighted by Gasteiger charge is 2.32. The molecule has 2 amide bonds. The molecule has 0 aliphatic carbocycles. The molecule has 0 spiro atoms. The van der Waals surface area contributed by atoms with Gasteiger partial charge in [0.15, 0.2) is 9.84 Å². The second-order valence-corrected chi connectivity index (χ2v) is 8.40. The zero-order chi connectivity index (χ0) is 16.3. The van der Waals surface area contributed by atoms with E-state index in [1.807, 2.05) is 19.1 Å². The SMILES string of the molecule is Cc1cccc([C@H](C)CNC(=O)N(C)[C@H]2CCS(=O)(=O)C2)c1. The Morgan fingerprint density at radius 1 is 1.45 bits per heavy atom. The third kappa shape index (κ3) is 4.22. The highest BCUT2D eigenvalue weighted by Crippen LogP contribution is 2.18. The van der Waals surface area contributed by atoms with Crippen LogP contribution in [0.1, 0.15) is 30.4 Å².